The van der Waals surface area contributed by atoms with E-state index in [-0.39, 0.29) is 11.8 Å². The van der Waals surface area contributed by atoms with Crippen molar-refractivity contribution in [3.63, 3.8) is 0 Å². The van der Waals surface area contributed by atoms with Gasteiger partial charge in [0.1, 0.15) is 0 Å². The number of benzene rings is 4. The summed E-state index contributed by atoms with van der Waals surface area (Å²) in [5.74, 6) is 0.562. The fourth-order valence-corrected chi connectivity index (χ4v) is 7.52. The molecule has 12 heteroatoms. The molecule has 59 heavy (non-hydrogen) atoms. The number of aromatic nitrogens is 6. The van der Waals surface area contributed by atoms with Gasteiger partial charge in [-0.15, -0.1) is 0 Å². The molecule has 0 bridgehead atoms. The van der Waals surface area contributed by atoms with Crippen LogP contribution in [0.3, 0.4) is 0 Å². The van der Waals surface area contributed by atoms with Crippen molar-refractivity contribution >= 4 is 23.7 Å². The summed E-state index contributed by atoms with van der Waals surface area (Å²) in [5.41, 5.74) is 12.8. The van der Waals surface area contributed by atoms with E-state index in [1.807, 2.05) is 76.6 Å². The van der Waals surface area contributed by atoms with E-state index in [9.17, 15) is 9.59 Å². The highest BCUT2D eigenvalue weighted by atomic mass is 16.5. The number of carbonyl (C=O) groups is 2. The van der Waals surface area contributed by atoms with E-state index in [1.165, 1.54) is 16.7 Å². The molecule has 2 N–H and O–H groups in total. The molecular weight excluding hydrogens is 739 g/mol. The second-order valence-electron chi connectivity index (χ2n) is 15.4. The van der Waals surface area contributed by atoms with Gasteiger partial charge in [0.2, 0.25) is 11.9 Å². The summed E-state index contributed by atoms with van der Waals surface area (Å²) < 4.78 is 11.3. The molecule has 1 aliphatic heterocycles. The Morgan fingerprint density at radius 2 is 1.24 bits per heavy atom. The summed E-state index contributed by atoms with van der Waals surface area (Å²) in [5, 5.41) is 5.98. The first-order valence-corrected chi connectivity index (χ1v) is 19.9. The van der Waals surface area contributed by atoms with Crippen molar-refractivity contribution in [2.75, 3.05) is 36.9 Å². The molecule has 0 spiro atoms. The van der Waals surface area contributed by atoms with Crippen LogP contribution in [0.15, 0.2) is 110 Å². The summed E-state index contributed by atoms with van der Waals surface area (Å²) in [6.07, 6.45) is 8.14. The minimum atomic E-state index is -0.217. The van der Waals surface area contributed by atoms with Crippen LogP contribution in [0, 0.1) is 20.8 Å². The molecule has 12 nitrogen and oxygen atoms in total. The highest BCUT2D eigenvalue weighted by molar-refractivity contribution is 6.04. The van der Waals surface area contributed by atoms with Gasteiger partial charge in [-0.3, -0.25) is 25.1 Å². The second-order valence-corrected chi connectivity index (χ2v) is 15.4. The fraction of sp³-hybridized carbons (Fsp3) is 0.255. The normalized spacial score (nSPS) is 13.1. The number of nitrogens with one attached hydrogen (secondary N) is 2. The van der Waals surface area contributed by atoms with Crippen LogP contribution in [-0.4, -0.2) is 71.7 Å². The zero-order valence-corrected chi connectivity index (χ0v) is 34.2. The summed E-state index contributed by atoms with van der Waals surface area (Å²) >= 11 is 0. The number of rotatable bonds is 12. The van der Waals surface area contributed by atoms with E-state index >= 15 is 0 Å². The van der Waals surface area contributed by atoms with Gasteiger partial charge in [0, 0.05) is 75.1 Å². The summed E-state index contributed by atoms with van der Waals surface area (Å²) in [4.78, 5) is 42.7. The average molecular weight is 788 g/mol. The number of ether oxygens (including phenoxy) is 1. The maximum absolute atomic E-state index is 13.3. The number of imidazole rings is 3. The number of hydrogen-bond donors (Lipinski definition) is 2. The molecule has 0 unspecified atom stereocenters. The smallest absolute Gasteiger partial charge is 0.257 e. The molecule has 1 saturated heterocycles. The maximum atomic E-state index is 13.3. The number of aryl methyl sites for hydroxylation is 3. The van der Waals surface area contributed by atoms with E-state index in [0.29, 0.717) is 36.0 Å². The Morgan fingerprint density at radius 1 is 0.661 bits per heavy atom. The van der Waals surface area contributed by atoms with Gasteiger partial charge >= 0.3 is 0 Å². The van der Waals surface area contributed by atoms with E-state index in [4.69, 9.17) is 9.72 Å². The molecule has 7 aromatic rings. The predicted octanol–water partition coefficient (Wildman–Crippen LogP) is 7.59. The SMILES string of the molecule is Cc1ccc(-c2cnc(NC(=O)c3cccc(Cn4cnc(Cc5ccc(-c6cnc(NC(=O)c7cccc(CN8CCOCC8)c7)n6C)cc5C)c4)c3)n2C)cc1C. The number of carbonyl (C=O) groups excluding carboxylic acids is 2. The second kappa shape index (κ2) is 17.1. The highest BCUT2D eigenvalue weighted by Crippen LogP contribution is 2.27. The quantitative estimate of drug-likeness (QED) is 0.131. The Morgan fingerprint density at radius 3 is 1.83 bits per heavy atom. The van der Waals surface area contributed by atoms with E-state index in [2.05, 4.69) is 94.9 Å². The van der Waals surface area contributed by atoms with Crippen molar-refractivity contribution in [3.8, 4) is 22.5 Å². The standard InChI is InChI=1S/C47H49N9O3/c1-31-12-13-37(20-32(31)2)42-25-48-46(53(42)4)52-45(58)40-11-7-9-35(23-40)28-56-29-41(50-30-56)24-36-14-15-38(21-33(36)3)43-26-49-47(54(43)5)51-44(57)39-10-6-8-34(22-39)27-55-16-18-59-19-17-55/h6-15,20-23,25-26,29-30H,16-19,24,27-28H2,1-5H3,(H,48,52,58)(H,49,51,57). The topological polar surface area (TPSA) is 124 Å². The highest BCUT2D eigenvalue weighted by Gasteiger charge is 2.17. The van der Waals surface area contributed by atoms with Gasteiger partial charge in [-0.1, -0.05) is 48.5 Å². The fourth-order valence-electron chi connectivity index (χ4n) is 7.52. The maximum Gasteiger partial charge on any atom is 0.257 e. The van der Waals surface area contributed by atoms with Crippen molar-refractivity contribution in [2.45, 2.75) is 40.3 Å². The average Bonchev–Trinajstić information content (AvgIpc) is 3.95. The molecule has 3 aromatic heterocycles. The van der Waals surface area contributed by atoms with Crippen molar-refractivity contribution in [2.24, 2.45) is 14.1 Å². The minimum Gasteiger partial charge on any atom is -0.379 e. The molecule has 4 heterocycles. The number of hydrogen-bond acceptors (Lipinski definition) is 7. The van der Waals surface area contributed by atoms with Crippen molar-refractivity contribution in [1.29, 1.82) is 0 Å². The molecule has 1 fully saturated rings. The molecule has 4 aromatic carbocycles. The predicted molar refractivity (Wildman–Crippen MR) is 231 cm³/mol. The van der Waals surface area contributed by atoms with Crippen LogP contribution in [0.5, 0.6) is 0 Å². The van der Waals surface area contributed by atoms with E-state index in [0.717, 1.165) is 77.7 Å². The molecule has 0 saturated carbocycles. The van der Waals surface area contributed by atoms with E-state index in [1.54, 1.807) is 12.4 Å². The first-order valence-electron chi connectivity index (χ1n) is 19.9. The van der Waals surface area contributed by atoms with Crippen molar-refractivity contribution < 1.29 is 14.3 Å². The monoisotopic (exact) mass is 787 g/mol. The lowest BCUT2D eigenvalue weighted by Gasteiger charge is -2.26. The van der Waals surface area contributed by atoms with Gasteiger partial charge in [0.25, 0.3) is 11.8 Å². The molecule has 300 valence electrons. The number of morpholine rings is 1. The summed E-state index contributed by atoms with van der Waals surface area (Å²) in [7, 11) is 3.82. The molecule has 2 amide bonds. The van der Waals surface area contributed by atoms with Crippen LogP contribution in [0.25, 0.3) is 22.5 Å². The first kappa shape index (κ1) is 39.2. The zero-order chi connectivity index (χ0) is 41.0. The summed E-state index contributed by atoms with van der Waals surface area (Å²) in [6.45, 7) is 10.9. The van der Waals surface area contributed by atoms with Gasteiger partial charge in [0.15, 0.2) is 0 Å². The number of nitrogens with zero attached hydrogens (tertiary/aromatic N) is 7. The van der Waals surface area contributed by atoms with Crippen LogP contribution in [0.2, 0.25) is 0 Å². The van der Waals surface area contributed by atoms with Crippen LogP contribution in [0.4, 0.5) is 11.9 Å². The van der Waals surface area contributed by atoms with Crippen LogP contribution in [0.1, 0.15) is 59.8 Å². The van der Waals surface area contributed by atoms with Crippen molar-refractivity contribution in [3.05, 3.63) is 160 Å². The Labute approximate surface area is 344 Å². The van der Waals surface area contributed by atoms with Crippen LogP contribution in [-0.2, 0) is 38.3 Å². The molecular formula is C47H49N9O3. The molecule has 8 rings (SSSR count). The lowest BCUT2D eigenvalue weighted by atomic mass is 10.0. The van der Waals surface area contributed by atoms with Crippen LogP contribution >= 0.6 is 0 Å². The third kappa shape index (κ3) is 8.94. The van der Waals surface area contributed by atoms with Gasteiger partial charge < -0.3 is 18.4 Å². The lowest BCUT2D eigenvalue weighted by molar-refractivity contribution is 0.0342. The lowest BCUT2D eigenvalue weighted by Crippen LogP contribution is -2.35. The van der Waals surface area contributed by atoms with Gasteiger partial charge in [-0.2, -0.15) is 0 Å². The number of amides is 2. The molecule has 0 radical (unpaired) electrons. The van der Waals surface area contributed by atoms with Gasteiger partial charge in [-0.05, 0) is 90.6 Å². The van der Waals surface area contributed by atoms with Gasteiger partial charge in [0.05, 0.1) is 49.0 Å². The molecule has 0 atom stereocenters. The minimum absolute atomic E-state index is 0.193. The third-order valence-corrected chi connectivity index (χ3v) is 11.2. The Hall–Kier alpha value is -6.63. The summed E-state index contributed by atoms with van der Waals surface area (Å²) in [6, 6.07) is 28.1. The van der Waals surface area contributed by atoms with Crippen molar-refractivity contribution in [1.82, 2.24) is 33.6 Å². The zero-order valence-electron chi connectivity index (χ0n) is 34.2. The Balaban J connectivity index is 0.876. The Kier molecular flexibility index (Phi) is 11.3. The molecule has 1 aliphatic rings. The largest absolute Gasteiger partial charge is 0.379 e. The van der Waals surface area contributed by atoms with Gasteiger partial charge in [-0.25, -0.2) is 15.0 Å². The van der Waals surface area contributed by atoms with E-state index < -0.39 is 0 Å². The number of anilines is 2. The molecule has 0 aliphatic carbocycles. The Bertz CT molecular complexity index is 2650. The first-order chi connectivity index (χ1) is 28.6. The third-order valence-electron chi connectivity index (χ3n) is 11.2. The van der Waals surface area contributed by atoms with Crippen LogP contribution < -0.4 is 10.6 Å².